The lowest BCUT2D eigenvalue weighted by atomic mass is 9.97. The summed E-state index contributed by atoms with van der Waals surface area (Å²) in [5, 5.41) is 3.26. The highest BCUT2D eigenvalue weighted by molar-refractivity contribution is 5.97. The number of aromatic nitrogens is 2. The summed E-state index contributed by atoms with van der Waals surface area (Å²) in [5.41, 5.74) is 5.76. The van der Waals surface area contributed by atoms with E-state index in [1.807, 2.05) is 20.8 Å². The first kappa shape index (κ1) is 22.1. The number of nitrogens with two attached hydrogens (primary N) is 1. The van der Waals surface area contributed by atoms with Crippen molar-refractivity contribution in [2.75, 3.05) is 32.8 Å². The molecule has 3 rings (SSSR count). The molecular formula is C21H28FN5O3. The molecule has 1 aliphatic heterocycles. The van der Waals surface area contributed by atoms with E-state index in [0.29, 0.717) is 37.7 Å². The topological polar surface area (TPSA) is 103 Å². The molecule has 8 nitrogen and oxygen atoms in total. The van der Waals surface area contributed by atoms with Gasteiger partial charge in [0.25, 0.3) is 5.91 Å². The average molecular weight is 417 g/mol. The predicted molar refractivity (Wildman–Crippen MR) is 110 cm³/mol. The molecule has 2 heterocycles. The van der Waals surface area contributed by atoms with E-state index < -0.39 is 11.4 Å². The van der Waals surface area contributed by atoms with Crippen LogP contribution in [0.5, 0.6) is 11.5 Å². The Morgan fingerprint density at radius 1 is 1.43 bits per heavy atom. The molecule has 1 aromatic carbocycles. The summed E-state index contributed by atoms with van der Waals surface area (Å²) in [5.74, 6) is -0.315. The number of ether oxygens (including phenoxy) is 2. The number of amides is 1. The van der Waals surface area contributed by atoms with Crippen LogP contribution in [0.15, 0.2) is 30.7 Å². The first-order chi connectivity index (χ1) is 14.4. The molecule has 3 N–H and O–H groups in total. The van der Waals surface area contributed by atoms with Gasteiger partial charge in [-0.1, -0.05) is 0 Å². The molecule has 0 saturated carbocycles. The van der Waals surface area contributed by atoms with Crippen molar-refractivity contribution < 1.29 is 18.7 Å². The van der Waals surface area contributed by atoms with Crippen LogP contribution in [0.1, 0.15) is 36.8 Å². The molecule has 0 radical (unpaired) electrons. The molecule has 0 spiro atoms. The van der Waals surface area contributed by atoms with E-state index in [1.54, 1.807) is 4.90 Å². The maximum absolute atomic E-state index is 14.0. The molecule has 1 atom stereocenters. The first-order valence-electron chi connectivity index (χ1n) is 10.1. The molecule has 162 valence electrons. The molecule has 0 bridgehead atoms. The molecule has 9 heteroatoms. The third-order valence-corrected chi connectivity index (χ3v) is 5.12. The lowest BCUT2D eigenvalue weighted by molar-refractivity contribution is -0.0682. The van der Waals surface area contributed by atoms with E-state index in [2.05, 4.69) is 15.3 Å². The number of rotatable bonds is 7. The van der Waals surface area contributed by atoms with Gasteiger partial charge in [0.15, 0.2) is 5.75 Å². The van der Waals surface area contributed by atoms with Crippen molar-refractivity contribution in [2.45, 2.75) is 32.4 Å². The monoisotopic (exact) mass is 417 g/mol. The van der Waals surface area contributed by atoms with Crippen molar-refractivity contribution in [1.29, 1.82) is 0 Å². The Kier molecular flexibility index (Phi) is 6.96. The van der Waals surface area contributed by atoms with Crippen LogP contribution in [-0.2, 0) is 10.3 Å². The van der Waals surface area contributed by atoms with E-state index in [-0.39, 0.29) is 29.8 Å². The molecule has 2 aromatic rings. The number of morpholine rings is 1. The molecule has 1 amide bonds. The molecule has 30 heavy (non-hydrogen) atoms. The maximum Gasteiger partial charge on any atom is 0.257 e. The minimum atomic E-state index is -0.881. The number of carbonyl (C=O) groups excluding carboxylic acids is 1. The minimum Gasteiger partial charge on any atom is -0.453 e. The minimum absolute atomic E-state index is 0.0449. The lowest BCUT2D eigenvalue weighted by Gasteiger charge is -2.36. The summed E-state index contributed by atoms with van der Waals surface area (Å²) in [6.07, 6.45) is 2.89. The number of halogens is 1. The number of benzene rings is 1. The largest absolute Gasteiger partial charge is 0.453 e. The fourth-order valence-corrected chi connectivity index (χ4v) is 3.55. The van der Waals surface area contributed by atoms with Crippen LogP contribution in [0.4, 0.5) is 4.39 Å². The summed E-state index contributed by atoms with van der Waals surface area (Å²) < 4.78 is 26.0. The second-order valence-corrected chi connectivity index (χ2v) is 7.39. The fourth-order valence-electron chi connectivity index (χ4n) is 3.55. The van der Waals surface area contributed by atoms with Gasteiger partial charge in [-0.25, -0.2) is 14.4 Å². The normalized spacial score (nSPS) is 19.0. The fraction of sp³-hybridized carbons (Fsp3) is 0.476. The van der Waals surface area contributed by atoms with Crippen molar-refractivity contribution in [1.82, 2.24) is 20.2 Å². The second-order valence-electron chi connectivity index (χ2n) is 7.39. The second kappa shape index (κ2) is 9.46. The smallest absolute Gasteiger partial charge is 0.257 e. The van der Waals surface area contributed by atoms with Crippen molar-refractivity contribution in [2.24, 2.45) is 5.73 Å². The van der Waals surface area contributed by atoms with E-state index in [1.165, 1.54) is 30.7 Å². The van der Waals surface area contributed by atoms with Gasteiger partial charge in [-0.15, -0.1) is 0 Å². The maximum atomic E-state index is 14.0. The van der Waals surface area contributed by atoms with Crippen molar-refractivity contribution in [3.8, 4) is 11.5 Å². The third-order valence-electron chi connectivity index (χ3n) is 5.12. The first-order valence-corrected chi connectivity index (χ1v) is 10.1. The quantitative estimate of drug-likeness (QED) is 0.711. The van der Waals surface area contributed by atoms with Crippen molar-refractivity contribution >= 4 is 5.91 Å². The van der Waals surface area contributed by atoms with Crippen LogP contribution in [0.2, 0.25) is 0 Å². The molecule has 1 saturated heterocycles. The zero-order valence-electron chi connectivity index (χ0n) is 17.5. The van der Waals surface area contributed by atoms with Crippen LogP contribution in [0, 0.1) is 5.82 Å². The Hall–Kier alpha value is -2.62. The van der Waals surface area contributed by atoms with Crippen LogP contribution in [0.3, 0.4) is 0 Å². The molecule has 0 unspecified atom stereocenters. The van der Waals surface area contributed by atoms with E-state index in [4.69, 9.17) is 15.2 Å². The number of carbonyl (C=O) groups is 1. The SMILES string of the molecule is CCN(C(=O)c1cc(F)ccc1Oc1cncnc1[C@]1(CN)CNCCO1)C(C)C. The van der Waals surface area contributed by atoms with Gasteiger partial charge in [0.1, 0.15) is 29.2 Å². The molecular weight excluding hydrogens is 389 g/mol. The lowest BCUT2D eigenvalue weighted by Crippen LogP contribution is -2.52. The summed E-state index contributed by atoms with van der Waals surface area (Å²) >= 11 is 0. The Morgan fingerprint density at radius 2 is 2.23 bits per heavy atom. The molecule has 1 aromatic heterocycles. The summed E-state index contributed by atoms with van der Waals surface area (Å²) in [6.45, 7) is 8.00. The summed E-state index contributed by atoms with van der Waals surface area (Å²) in [7, 11) is 0. The summed E-state index contributed by atoms with van der Waals surface area (Å²) in [6, 6.07) is 3.82. The Morgan fingerprint density at radius 3 is 2.87 bits per heavy atom. The van der Waals surface area contributed by atoms with Gasteiger partial charge in [0.2, 0.25) is 0 Å². The van der Waals surface area contributed by atoms with Gasteiger partial charge in [-0.05, 0) is 39.0 Å². The number of hydrogen-bond acceptors (Lipinski definition) is 7. The zero-order chi connectivity index (χ0) is 21.7. The van der Waals surface area contributed by atoms with Gasteiger partial charge in [0, 0.05) is 32.2 Å². The molecule has 1 fully saturated rings. The van der Waals surface area contributed by atoms with E-state index >= 15 is 0 Å². The van der Waals surface area contributed by atoms with Gasteiger partial charge < -0.3 is 25.4 Å². The van der Waals surface area contributed by atoms with Crippen LogP contribution < -0.4 is 15.8 Å². The number of nitrogens with zero attached hydrogens (tertiary/aromatic N) is 3. The predicted octanol–water partition coefficient (Wildman–Crippen LogP) is 2.05. The van der Waals surface area contributed by atoms with Crippen molar-refractivity contribution in [3.05, 3.63) is 47.8 Å². The third kappa shape index (κ3) is 4.43. The summed E-state index contributed by atoms with van der Waals surface area (Å²) in [4.78, 5) is 23.1. The highest BCUT2D eigenvalue weighted by Crippen LogP contribution is 2.35. The Balaban J connectivity index is 2.01. The molecule has 0 aliphatic carbocycles. The van der Waals surface area contributed by atoms with Crippen molar-refractivity contribution in [3.63, 3.8) is 0 Å². The van der Waals surface area contributed by atoms with Gasteiger partial charge in [0.05, 0.1) is 18.4 Å². The highest BCUT2D eigenvalue weighted by atomic mass is 19.1. The Bertz CT molecular complexity index is 887. The van der Waals surface area contributed by atoms with E-state index in [0.717, 1.165) is 0 Å². The van der Waals surface area contributed by atoms with Crippen LogP contribution >= 0.6 is 0 Å². The number of nitrogens with one attached hydrogen (secondary N) is 1. The highest BCUT2D eigenvalue weighted by Gasteiger charge is 2.38. The van der Waals surface area contributed by atoms with Crippen LogP contribution in [0.25, 0.3) is 0 Å². The standard InChI is InChI=1S/C21H28FN5O3/c1-4-27(14(2)3)20(28)16-9-15(22)5-6-17(16)30-18-10-25-13-26-19(18)21(11-23)12-24-7-8-29-21/h5-6,9-10,13-14,24H,4,7-8,11-12,23H2,1-3H3/t21-/m0/s1. The zero-order valence-corrected chi connectivity index (χ0v) is 17.5. The van der Waals surface area contributed by atoms with Gasteiger partial charge in [-0.3, -0.25) is 4.79 Å². The van der Waals surface area contributed by atoms with Gasteiger partial charge in [-0.2, -0.15) is 0 Å². The van der Waals surface area contributed by atoms with Gasteiger partial charge >= 0.3 is 0 Å². The Labute approximate surface area is 175 Å². The van der Waals surface area contributed by atoms with Crippen LogP contribution in [-0.4, -0.2) is 59.6 Å². The molecule has 1 aliphatic rings. The average Bonchev–Trinajstić information content (AvgIpc) is 2.76. The van der Waals surface area contributed by atoms with E-state index in [9.17, 15) is 9.18 Å². The number of hydrogen-bond donors (Lipinski definition) is 2.